The first kappa shape index (κ1) is 18.6. The number of ether oxygens (including phenoxy) is 1. The molecule has 26 heavy (non-hydrogen) atoms. The largest absolute Gasteiger partial charge is 0.463 e. The molecule has 0 saturated carbocycles. The lowest BCUT2D eigenvalue weighted by molar-refractivity contribution is 0.0561. The summed E-state index contributed by atoms with van der Waals surface area (Å²) in [5.41, 5.74) is 0.693. The first-order chi connectivity index (χ1) is 12.4. The first-order valence-electron chi connectivity index (χ1n) is 8.04. The van der Waals surface area contributed by atoms with Crippen molar-refractivity contribution in [2.45, 2.75) is 11.4 Å². The SMILES string of the molecule is COC(=O)c1occc1CN1CCN(S(=O)(=O)c2cccc(F)c2)CC1. The molecule has 0 atom stereocenters. The van der Waals surface area contributed by atoms with Crippen LogP contribution < -0.4 is 0 Å². The topological polar surface area (TPSA) is 80.1 Å². The lowest BCUT2D eigenvalue weighted by atomic mass is 10.2. The van der Waals surface area contributed by atoms with E-state index in [1.54, 1.807) is 6.07 Å². The van der Waals surface area contributed by atoms with Gasteiger partial charge in [-0.15, -0.1) is 0 Å². The van der Waals surface area contributed by atoms with Gasteiger partial charge < -0.3 is 9.15 Å². The smallest absolute Gasteiger partial charge is 0.374 e. The normalized spacial score (nSPS) is 16.5. The van der Waals surface area contributed by atoms with Crippen LogP contribution in [-0.4, -0.2) is 56.9 Å². The van der Waals surface area contributed by atoms with Gasteiger partial charge in [0.15, 0.2) is 0 Å². The summed E-state index contributed by atoms with van der Waals surface area (Å²) >= 11 is 0. The number of carbonyl (C=O) groups is 1. The number of hydrogen-bond donors (Lipinski definition) is 0. The third kappa shape index (κ3) is 3.79. The number of halogens is 1. The highest BCUT2D eigenvalue weighted by Crippen LogP contribution is 2.20. The van der Waals surface area contributed by atoms with E-state index in [0.717, 1.165) is 6.07 Å². The molecule has 2 heterocycles. The van der Waals surface area contributed by atoms with Crippen molar-refractivity contribution < 1.29 is 26.8 Å². The molecule has 1 aromatic carbocycles. The van der Waals surface area contributed by atoms with E-state index in [2.05, 4.69) is 4.74 Å². The van der Waals surface area contributed by atoms with Gasteiger partial charge in [0.05, 0.1) is 18.3 Å². The summed E-state index contributed by atoms with van der Waals surface area (Å²) in [6.45, 7) is 1.99. The Labute approximate surface area is 151 Å². The number of furan rings is 1. The maximum absolute atomic E-state index is 13.3. The van der Waals surface area contributed by atoms with Gasteiger partial charge in [0.25, 0.3) is 0 Å². The van der Waals surface area contributed by atoms with Crippen LogP contribution in [0.3, 0.4) is 0 Å². The van der Waals surface area contributed by atoms with Crippen LogP contribution in [0, 0.1) is 5.82 Å². The molecule has 0 N–H and O–H groups in total. The fraction of sp³-hybridized carbons (Fsp3) is 0.353. The van der Waals surface area contributed by atoms with Crippen molar-refractivity contribution in [1.82, 2.24) is 9.21 Å². The van der Waals surface area contributed by atoms with E-state index in [1.807, 2.05) is 4.90 Å². The van der Waals surface area contributed by atoms with E-state index in [1.165, 1.54) is 35.9 Å². The number of nitrogens with zero attached hydrogens (tertiary/aromatic N) is 2. The quantitative estimate of drug-likeness (QED) is 0.733. The van der Waals surface area contributed by atoms with Gasteiger partial charge in [-0.1, -0.05) is 6.07 Å². The molecule has 1 aliphatic heterocycles. The van der Waals surface area contributed by atoms with Crippen LogP contribution in [0.2, 0.25) is 0 Å². The van der Waals surface area contributed by atoms with Crippen LogP contribution in [0.1, 0.15) is 16.1 Å². The van der Waals surface area contributed by atoms with Gasteiger partial charge in [-0.25, -0.2) is 17.6 Å². The second-order valence-corrected chi connectivity index (χ2v) is 7.84. The van der Waals surface area contributed by atoms with Gasteiger partial charge in [-0.05, 0) is 24.3 Å². The van der Waals surface area contributed by atoms with E-state index >= 15 is 0 Å². The molecule has 0 unspecified atom stereocenters. The highest BCUT2D eigenvalue weighted by atomic mass is 32.2. The molecule has 0 bridgehead atoms. The number of hydrogen-bond acceptors (Lipinski definition) is 6. The summed E-state index contributed by atoms with van der Waals surface area (Å²) in [5, 5.41) is 0. The summed E-state index contributed by atoms with van der Waals surface area (Å²) in [4.78, 5) is 13.6. The van der Waals surface area contributed by atoms with E-state index < -0.39 is 21.8 Å². The summed E-state index contributed by atoms with van der Waals surface area (Å²) in [5.74, 6) is -0.973. The minimum Gasteiger partial charge on any atom is -0.463 e. The lowest BCUT2D eigenvalue weighted by Crippen LogP contribution is -2.48. The third-order valence-corrected chi connectivity index (χ3v) is 6.17. The third-order valence-electron chi connectivity index (χ3n) is 4.28. The average molecular weight is 382 g/mol. The number of sulfonamides is 1. The van der Waals surface area contributed by atoms with E-state index in [0.29, 0.717) is 25.2 Å². The molecule has 1 aromatic heterocycles. The molecule has 1 fully saturated rings. The van der Waals surface area contributed by atoms with Crippen molar-refractivity contribution in [3.63, 3.8) is 0 Å². The number of esters is 1. The molecule has 140 valence electrons. The van der Waals surface area contributed by atoms with Crippen LogP contribution in [0.15, 0.2) is 45.9 Å². The van der Waals surface area contributed by atoms with Crippen molar-refractivity contribution in [3.05, 3.63) is 53.7 Å². The summed E-state index contributed by atoms with van der Waals surface area (Å²) < 4.78 is 49.7. The molecule has 9 heteroatoms. The molecular formula is C17H19FN2O5S. The Morgan fingerprint density at radius 3 is 2.62 bits per heavy atom. The fourth-order valence-corrected chi connectivity index (χ4v) is 4.33. The number of benzene rings is 1. The summed E-state index contributed by atoms with van der Waals surface area (Å²) in [7, 11) is -2.44. The molecule has 0 radical (unpaired) electrons. The molecule has 1 aliphatic rings. The molecule has 0 aliphatic carbocycles. The first-order valence-corrected chi connectivity index (χ1v) is 9.48. The van der Waals surface area contributed by atoms with Gasteiger partial charge in [0.1, 0.15) is 5.82 Å². The van der Waals surface area contributed by atoms with Crippen LogP contribution in [-0.2, 0) is 21.3 Å². The number of rotatable bonds is 5. The van der Waals surface area contributed by atoms with Crippen molar-refractivity contribution >= 4 is 16.0 Å². The minimum absolute atomic E-state index is 0.0474. The minimum atomic E-state index is -3.72. The lowest BCUT2D eigenvalue weighted by Gasteiger charge is -2.33. The number of piperazine rings is 1. The van der Waals surface area contributed by atoms with E-state index in [9.17, 15) is 17.6 Å². The molecule has 7 nitrogen and oxygen atoms in total. The Kier molecular flexibility index (Phi) is 5.40. The van der Waals surface area contributed by atoms with Crippen molar-refractivity contribution in [3.8, 4) is 0 Å². The molecule has 0 amide bonds. The van der Waals surface area contributed by atoms with Crippen LogP contribution in [0.25, 0.3) is 0 Å². The highest BCUT2D eigenvalue weighted by molar-refractivity contribution is 7.89. The van der Waals surface area contributed by atoms with E-state index in [-0.39, 0.29) is 23.7 Å². The standard InChI is InChI=1S/C17H19FN2O5S/c1-24-17(21)16-13(5-10-25-16)12-19-6-8-20(9-7-19)26(22,23)15-4-2-3-14(18)11-15/h2-5,10-11H,6-9,12H2,1H3. The van der Waals surface area contributed by atoms with Gasteiger partial charge in [0, 0.05) is 38.3 Å². The second-order valence-electron chi connectivity index (χ2n) is 5.90. The Morgan fingerprint density at radius 2 is 1.96 bits per heavy atom. The average Bonchev–Trinajstić information content (AvgIpc) is 3.09. The number of methoxy groups -OCH3 is 1. The highest BCUT2D eigenvalue weighted by Gasteiger charge is 2.29. The summed E-state index contributed by atoms with van der Waals surface area (Å²) in [6.07, 6.45) is 1.42. The molecule has 2 aromatic rings. The Bertz CT molecular complexity index is 888. The molecular weight excluding hydrogens is 363 g/mol. The van der Waals surface area contributed by atoms with Crippen LogP contribution in [0.5, 0.6) is 0 Å². The Morgan fingerprint density at radius 1 is 1.23 bits per heavy atom. The zero-order chi connectivity index (χ0) is 18.7. The van der Waals surface area contributed by atoms with Gasteiger partial charge >= 0.3 is 5.97 Å². The van der Waals surface area contributed by atoms with Gasteiger partial charge in [-0.3, -0.25) is 4.90 Å². The van der Waals surface area contributed by atoms with Crippen molar-refractivity contribution in [2.24, 2.45) is 0 Å². The van der Waals surface area contributed by atoms with Gasteiger partial charge in [-0.2, -0.15) is 4.31 Å². The Balaban J connectivity index is 1.65. The Hall–Kier alpha value is -2.23. The van der Waals surface area contributed by atoms with Crippen LogP contribution in [0.4, 0.5) is 4.39 Å². The molecule has 0 spiro atoms. The monoisotopic (exact) mass is 382 g/mol. The number of carbonyl (C=O) groups excluding carboxylic acids is 1. The predicted molar refractivity (Wildman–Crippen MR) is 90.5 cm³/mol. The molecule has 3 rings (SSSR count). The second kappa shape index (κ2) is 7.56. The molecule has 1 saturated heterocycles. The predicted octanol–water partition coefficient (Wildman–Crippen LogP) is 1.71. The van der Waals surface area contributed by atoms with Gasteiger partial charge in [0.2, 0.25) is 15.8 Å². The zero-order valence-corrected chi connectivity index (χ0v) is 15.0. The van der Waals surface area contributed by atoms with Crippen molar-refractivity contribution in [1.29, 1.82) is 0 Å². The maximum atomic E-state index is 13.3. The summed E-state index contributed by atoms with van der Waals surface area (Å²) in [6, 6.07) is 6.70. The fourth-order valence-electron chi connectivity index (χ4n) is 2.88. The maximum Gasteiger partial charge on any atom is 0.374 e. The van der Waals surface area contributed by atoms with E-state index in [4.69, 9.17) is 4.42 Å². The van der Waals surface area contributed by atoms with Crippen molar-refractivity contribution in [2.75, 3.05) is 33.3 Å². The zero-order valence-electron chi connectivity index (χ0n) is 14.2. The van der Waals surface area contributed by atoms with Crippen LogP contribution >= 0.6 is 0 Å².